The van der Waals surface area contributed by atoms with Gasteiger partial charge in [0.05, 0.1) is 15.6 Å². The van der Waals surface area contributed by atoms with Gasteiger partial charge in [-0.05, 0) is 26.3 Å². The monoisotopic (exact) mass is 306 g/mol. The highest BCUT2D eigenvalue weighted by Gasteiger charge is 2.20. The molecule has 1 heterocycles. The maximum atomic E-state index is 12.1. The summed E-state index contributed by atoms with van der Waals surface area (Å²) in [6.07, 6.45) is -0.570. The molecule has 0 saturated heterocycles. The lowest BCUT2D eigenvalue weighted by molar-refractivity contribution is -0.385. The predicted molar refractivity (Wildman–Crippen MR) is 78.5 cm³/mol. The second-order valence-corrected chi connectivity index (χ2v) is 5.75. The maximum absolute atomic E-state index is 12.1. The highest BCUT2D eigenvalue weighted by molar-refractivity contribution is 7.13. The van der Waals surface area contributed by atoms with Crippen LogP contribution in [-0.4, -0.2) is 15.9 Å². The molecular weight excluding hydrogens is 292 g/mol. The van der Waals surface area contributed by atoms with Gasteiger partial charge in [0.15, 0.2) is 0 Å². The van der Waals surface area contributed by atoms with Crippen molar-refractivity contribution in [1.29, 1.82) is 0 Å². The minimum absolute atomic E-state index is 0.0276. The highest BCUT2D eigenvalue weighted by atomic mass is 32.1. The zero-order valence-electron chi connectivity index (χ0n) is 11.8. The second kappa shape index (κ2) is 6.01. The third-order valence-corrected chi connectivity index (χ3v) is 3.98. The van der Waals surface area contributed by atoms with Crippen molar-refractivity contribution in [3.63, 3.8) is 0 Å². The molecular formula is C14H14N2O4S. The molecule has 110 valence electrons. The van der Waals surface area contributed by atoms with Gasteiger partial charge >= 0.3 is 5.97 Å². The molecule has 2 rings (SSSR count). The number of benzene rings is 1. The summed E-state index contributed by atoms with van der Waals surface area (Å²) in [5.74, 6) is -0.461. The van der Waals surface area contributed by atoms with E-state index in [0.29, 0.717) is 16.1 Å². The number of carbonyl (C=O) groups is 1. The Morgan fingerprint density at radius 1 is 1.43 bits per heavy atom. The number of rotatable bonds is 4. The molecule has 0 unspecified atom stereocenters. The number of aromatic nitrogens is 1. The fourth-order valence-corrected chi connectivity index (χ4v) is 2.70. The first-order valence-electron chi connectivity index (χ1n) is 6.28. The van der Waals surface area contributed by atoms with Crippen molar-refractivity contribution in [1.82, 2.24) is 4.98 Å². The zero-order chi connectivity index (χ0) is 15.6. The maximum Gasteiger partial charge on any atom is 0.350 e. The Kier molecular flexibility index (Phi) is 4.32. The number of thiazole rings is 1. The second-order valence-electron chi connectivity index (χ2n) is 4.55. The summed E-state index contributed by atoms with van der Waals surface area (Å²) in [6, 6.07) is 6.06. The van der Waals surface area contributed by atoms with E-state index < -0.39 is 17.0 Å². The van der Waals surface area contributed by atoms with Crippen molar-refractivity contribution in [3.05, 3.63) is 55.5 Å². The number of ether oxygens (including phenoxy) is 1. The Labute approximate surface area is 125 Å². The third-order valence-electron chi connectivity index (χ3n) is 2.92. The van der Waals surface area contributed by atoms with Gasteiger partial charge in [-0.3, -0.25) is 10.1 Å². The number of esters is 1. The van der Waals surface area contributed by atoms with Crippen molar-refractivity contribution < 1.29 is 14.5 Å². The smallest absolute Gasteiger partial charge is 0.350 e. The standard InChI is InChI=1S/C14H14N2O4S/c1-8-13(21-10(3)15-8)14(17)20-9(2)11-5-4-6-12(7-11)16(18)19/h4-7,9H,1-3H3/t9-/m1/s1. The lowest BCUT2D eigenvalue weighted by Gasteiger charge is -2.12. The van der Waals surface area contributed by atoms with Crippen LogP contribution in [0.3, 0.4) is 0 Å². The van der Waals surface area contributed by atoms with Crippen molar-refractivity contribution in [2.24, 2.45) is 0 Å². The number of hydrogen-bond donors (Lipinski definition) is 0. The molecule has 6 nitrogen and oxygen atoms in total. The Bertz CT molecular complexity index is 696. The third kappa shape index (κ3) is 3.43. The molecule has 21 heavy (non-hydrogen) atoms. The molecule has 0 fully saturated rings. The van der Waals surface area contributed by atoms with E-state index >= 15 is 0 Å². The fourth-order valence-electron chi connectivity index (χ4n) is 1.89. The minimum atomic E-state index is -0.570. The molecule has 0 aliphatic heterocycles. The van der Waals surface area contributed by atoms with Crippen LogP contribution in [0.15, 0.2) is 24.3 Å². The average Bonchev–Trinajstić information content (AvgIpc) is 2.77. The van der Waals surface area contributed by atoms with Crippen molar-refractivity contribution >= 4 is 23.0 Å². The normalized spacial score (nSPS) is 12.0. The van der Waals surface area contributed by atoms with E-state index in [1.54, 1.807) is 26.0 Å². The molecule has 7 heteroatoms. The number of nitrogens with zero attached hydrogens (tertiary/aromatic N) is 2. The number of nitro groups is 1. The lowest BCUT2D eigenvalue weighted by atomic mass is 10.1. The van der Waals surface area contributed by atoms with Crippen LogP contribution in [0.5, 0.6) is 0 Å². The summed E-state index contributed by atoms with van der Waals surface area (Å²) in [4.78, 5) is 27.0. The van der Waals surface area contributed by atoms with E-state index in [0.717, 1.165) is 5.01 Å². The van der Waals surface area contributed by atoms with Gasteiger partial charge in [-0.15, -0.1) is 11.3 Å². The fraction of sp³-hybridized carbons (Fsp3) is 0.286. The summed E-state index contributed by atoms with van der Waals surface area (Å²) >= 11 is 1.27. The molecule has 2 aromatic rings. The first-order chi connectivity index (χ1) is 9.88. The summed E-state index contributed by atoms with van der Waals surface area (Å²) in [5, 5.41) is 11.6. The van der Waals surface area contributed by atoms with E-state index in [9.17, 15) is 14.9 Å². The van der Waals surface area contributed by atoms with Gasteiger partial charge < -0.3 is 4.74 Å². The first-order valence-corrected chi connectivity index (χ1v) is 7.09. The molecule has 0 aliphatic carbocycles. The molecule has 0 aliphatic rings. The van der Waals surface area contributed by atoms with Crippen molar-refractivity contribution in [2.75, 3.05) is 0 Å². The molecule has 0 bridgehead atoms. The van der Waals surface area contributed by atoms with E-state index in [4.69, 9.17) is 4.74 Å². The quantitative estimate of drug-likeness (QED) is 0.490. The molecule has 1 atom stereocenters. The SMILES string of the molecule is Cc1nc(C)c(C(=O)O[C@H](C)c2cccc([N+](=O)[O-])c2)s1. The largest absolute Gasteiger partial charge is 0.454 e. The molecule has 0 spiro atoms. The molecule has 0 saturated carbocycles. The van der Waals surface area contributed by atoms with E-state index in [2.05, 4.69) is 4.98 Å². The summed E-state index contributed by atoms with van der Waals surface area (Å²) in [6.45, 7) is 5.25. The Hall–Kier alpha value is -2.28. The molecule has 0 amide bonds. The van der Waals surface area contributed by atoms with Gasteiger partial charge in [0.2, 0.25) is 0 Å². The zero-order valence-corrected chi connectivity index (χ0v) is 12.6. The van der Waals surface area contributed by atoms with Gasteiger partial charge in [-0.25, -0.2) is 9.78 Å². The van der Waals surface area contributed by atoms with Crippen LogP contribution in [-0.2, 0) is 4.74 Å². The Balaban J connectivity index is 2.16. The topological polar surface area (TPSA) is 82.3 Å². The molecule has 1 aromatic carbocycles. The van der Waals surface area contributed by atoms with E-state index in [1.165, 1.54) is 23.5 Å². The van der Waals surface area contributed by atoms with Crippen LogP contribution < -0.4 is 0 Å². The van der Waals surface area contributed by atoms with Gasteiger partial charge in [-0.1, -0.05) is 12.1 Å². The number of aryl methyl sites for hydroxylation is 2. The van der Waals surface area contributed by atoms with Crippen LogP contribution in [0.1, 0.15) is 39.0 Å². The number of carbonyl (C=O) groups excluding carboxylic acids is 1. The molecule has 0 N–H and O–H groups in total. The number of non-ortho nitro benzene ring substituents is 1. The van der Waals surface area contributed by atoms with E-state index in [-0.39, 0.29) is 5.69 Å². The molecule has 1 aromatic heterocycles. The highest BCUT2D eigenvalue weighted by Crippen LogP contribution is 2.25. The van der Waals surface area contributed by atoms with Gasteiger partial charge in [-0.2, -0.15) is 0 Å². The molecule has 0 radical (unpaired) electrons. The van der Waals surface area contributed by atoms with Crippen molar-refractivity contribution in [3.8, 4) is 0 Å². The van der Waals surface area contributed by atoms with Crippen LogP contribution in [0.4, 0.5) is 5.69 Å². The van der Waals surface area contributed by atoms with Crippen LogP contribution in [0.2, 0.25) is 0 Å². The lowest BCUT2D eigenvalue weighted by Crippen LogP contribution is -2.09. The van der Waals surface area contributed by atoms with Gasteiger partial charge in [0.1, 0.15) is 11.0 Å². The Morgan fingerprint density at radius 3 is 2.71 bits per heavy atom. The minimum Gasteiger partial charge on any atom is -0.454 e. The number of hydrogen-bond acceptors (Lipinski definition) is 6. The first kappa shape index (κ1) is 15.1. The average molecular weight is 306 g/mol. The Morgan fingerprint density at radius 2 is 2.14 bits per heavy atom. The van der Waals surface area contributed by atoms with Crippen molar-refractivity contribution in [2.45, 2.75) is 26.9 Å². The summed E-state index contributed by atoms with van der Waals surface area (Å²) < 4.78 is 5.36. The van der Waals surface area contributed by atoms with Crippen LogP contribution in [0.25, 0.3) is 0 Å². The summed E-state index contributed by atoms with van der Waals surface area (Å²) in [5.41, 5.74) is 1.19. The van der Waals surface area contributed by atoms with Gasteiger partial charge in [0.25, 0.3) is 5.69 Å². The summed E-state index contributed by atoms with van der Waals surface area (Å²) in [7, 11) is 0. The van der Waals surface area contributed by atoms with Gasteiger partial charge in [0, 0.05) is 12.1 Å². The predicted octanol–water partition coefficient (Wildman–Crippen LogP) is 3.59. The van der Waals surface area contributed by atoms with E-state index in [1.807, 2.05) is 6.92 Å². The van der Waals surface area contributed by atoms with Crippen LogP contribution in [0, 0.1) is 24.0 Å². The number of nitro benzene ring substituents is 1. The van der Waals surface area contributed by atoms with Crippen LogP contribution >= 0.6 is 11.3 Å².